The van der Waals surface area contributed by atoms with Crippen molar-refractivity contribution >= 4 is 17.6 Å². The monoisotopic (exact) mass is 321 g/mol. The highest BCUT2D eigenvalue weighted by Gasteiger charge is 2.36. The third kappa shape index (κ3) is 5.05. The molecule has 23 heavy (non-hydrogen) atoms. The first-order valence-corrected chi connectivity index (χ1v) is 7.49. The number of aromatic nitrogens is 1. The molecular weight excluding hydrogens is 298 g/mol. The summed E-state index contributed by atoms with van der Waals surface area (Å²) in [5, 5.41) is 2.27. The average molecular weight is 321 g/mol. The van der Waals surface area contributed by atoms with Gasteiger partial charge in [-0.25, -0.2) is 0 Å². The fourth-order valence-corrected chi connectivity index (χ4v) is 2.55. The molecule has 1 rings (SSSR count). The van der Waals surface area contributed by atoms with Crippen LogP contribution in [0.2, 0.25) is 0 Å². The molecule has 2 atom stereocenters. The minimum atomic E-state index is -0.960. The molecule has 0 aromatic carbocycles. The number of likely N-dealkylation sites (N-methyl/N-ethyl adjacent to an activating group) is 1. The third-order valence-electron chi connectivity index (χ3n) is 3.70. The van der Waals surface area contributed by atoms with Crippen LogP contribution < -0.4 is 16.6 Å². The highest BCUT2D eigenvalue weighted by atomic mass is 16.2. The van der Waals surface area contributed by atoms with Gasteiger partial charge in [-0.2, -0.15) is 0 Å². The second-order valence-corrected chi connectivity index (χ2v) is 5.92. The van der Waals surface area contributed by atoms with Crippen molar-refractivity contribution in [3.05, 3.63) is 34.2 Å². The molecule has 4 N–H and O–H groups in total. The second kappa shape index (κ2) is 8.26. The number of amides is 2. The normalized spacial score (nSPS) is 13.4. The van der Waals surface area contributed by atoms with Crippen molar-refractivity contribution in [1.82, 2.24) is 10.3 Å². The molecule has 1 heterocycles. The Morgan fingerprint density at radius 1 is 1.26 bits per heavy atom. The molecular formula is C16H23N3O4. The highest BCUT2D eigenvalue weighted by Crippen LogP contribution is 2.24. The number of hydrogen-bond acceptors (Lipinski definition) is 4. The number of nitrogens with one attached hydrogen (secondary N) is 2. The molecule has 0 fully saturated rings. The molecule has 1 unspecified atom stereocenters. The summed E-state index contributed by atoms with van der Waals surface area (Å²) in [6, 6.07) is 3.19. The van der Waals surface area contributed by atoms with Gasteiger partial charge in [-0.05, 0) is 24.8 Å². The summed E-state index contributed by atoms with van der Waals surface area (Å²) in [6.07, 6.45) is 1.83. The Kier molecular flexibility index (Phi) is 6.68. The van der Waals surface area contributed by atoms with Crippen LogP contribution in [-0.2, 0) is 20.8 Å². The molecule has 1 aromatic heterocycles. The van der Waals surface area contributed by atoms with E-state index in [2.05, 4.69) is 10.3 Å². The number of rotatable bonds is 8. The summed E-state index contributed by atoms with van der Waals surface area (Å²) in [6.45, 7) is 3.79. The topological polar surface area (TPSA) is 122 Å². The molecule has 0 aliphatic carbocycles. The highest BCUT2D eigenvalue weighted by molar-refractivity contribution is 6.37. The van der Waals surface area contributed by atoms with E-state index in [1.165, 1.54) is 13.2 Å². The van der Waals surface area contributed by atoms with Gasteiger partial charge in [0.1, 0.15) is 0 Å². The zero-order valence-electron chi connectivity index (χ0n) is 13.6. The summed E-state index contributed by atoms with van der Waals surface area (Å²) >= 11 is 0. The first-order valence-electron chi connectivity index (χ1n) is 7.49. The van der Waals surface area contributed by atoms with E-state index in [9.17, 15) is 19.2 Å². The SMILES string of the molecule is CNC(=O)C(=O)[C@@H](Cc1ccc[nH]c1=O)C(CC(C)C)C(N)=O. The Labute approximate surface area is 134 Å². The lowest BCUT2D eigenvalue weighted by Gasteiger charge is -2.24. The largest absolute Gasteiger partial charge is 0.369 e. The van der Waals surface area contributed by atoms with Gasteiger partial charge in [0.25, 0.3) is 11.5 Å². The molecule has 0 saturated heterocycles. The van der Waals surface area contributed by atoms with Gasteiger partial charge in [-0.3, -0.25) is 19.2 Å². The van der Waals surface area contributed by atoms with Crippen LogP contribution in [0.25, 0.3) is 0 Å². The first-order chi connectivity index (χ1) is 10.8. The van der Waals surface area contributed by atoms with E-state index in [0.717, 1.165) is 0 Å². The lowest BCUT2D eigenvalue weighted by Crippen LogP contribution is -2.43. The van der Waals surface area contributed by atoms with Gasteiger partial charge in [0, 0.05) is 30.6 Å². The number of carbonyl (C=O) groups excluding carboxylic acids is 3. The molecule has 7 heteroatoms. The van der Waals surface area contributed by atoms with E-state index in [1.807, 2.05) is 13.8 Å². The maximum Gasteiger partial charge on any atom is 0.287 e. The van der Waals surface area contributed by atoms with Gasteiger partial charge >= 0.3 is 0 Å². The number of pyridine rings is 1. The molecule has 0 spiro atoms. The van der Waals surface area contributed by atoms with Gasteiger partial charge in [-0.15, -0.1) is 0 Å². The Bertz CT molecular complexity index is 636. The van der Waals surface area contributed by atoms with Crippen LogP contribution in [0.1, 0.15) is 25.8 Å². The molecule has 7 nitrogen and oxygen atoms in total. The maximum atomic E-state index is 12.4. The summed E-state index contributed by atoms with van der Waals surface area (Å²) in [5.41, 5.74) is 5.43. The van der Waals surface area contributed by atoms with Crippen molar-refractivity contribution in [2.45, 2.75) is 26.7 Å². The van der Waals surface area contributed by atoms with Crippen LogP contribution in [0.15, 0.2) is 23.1 Å². The van der Waals surface area contributed by atoms with Gasteiger partial charge in [0.2, 0.25) is 11.7 Å². The number of H-pyrrole nitrogens is 1. The van der Waals surface area contributed by atoms with Gasteiger partial charge in [0.15, 0.2) is 0 Å². The van der Waals surface area contributed by atoms with Crippen molar-refractivity contribution in [2.24, 2.45) is 23.5 Å². The number of Topliss-reactive ketones (excluding diaryl/α,β-unsaturated/α-hetero) is 1. The summed E-state index contributed by atoms with van der Waals surface area (Å²) in [7, 11) is 1.34. The van der Waals surface area contributed by atoms with Crippen molar-refractivity contribution in [2.75, 3.05) is 7.05 Å². The lowest BCUT2D eigenvalue weighted by atomic mass is 9.78. The van der Waals surface area contributed by atoms with Crippen LogP contribution in [0.4, 0.5) is 0 Å². The molecule has 0 aliphatic heterocycles. The predicted octanol–water partition coefficient (Wildman–Crippen LogP) is -0.00370. The number of nitrogens with two attached hydrogens (primary N) is 1. The van der Waals surface area contributed by atoms with Crippen molar-refractivity contribution in [3.63, 3.8) is 0 Å². The first kappa shape index (κ1) is 18.6. The third-order valence-corrected chi connectivity index (χ3v) is 3.70. The zero-order valence-corrected chi connectivity index (χ0v) is 13.6. The summed E-state index contributed by atoms with van der Waals surface area (Å²) in [4.78, 5) is 50.3. The molecule has 0 saturated carbocycles. The van der Waals surface area contributed by atoms with E-state index in [-0.39, 0.29) is 17.9 Å². The van der Waals surface area contributed by atoms with Gasteiger partial charge in [-0.1, -0.05) is 19.9 Å². The number of carbonyl (C=O) groups is 3. The fraction of sp³-hybridized carbons (Fsp3) is 0.500. The zero-order chi connectivity index (χ0) is 17.6. The summed E-state index contributed by atoms with van der Waals surface area (Å²) < 4.78 is 0. The van der Waals surface area contributed by atoms with Crippen molar-refractivity contribution < 1.29 is 14.4 Å². The molecule has 2 amide bonds. The molecule has 126 valence electrons. The number of ketones is 1. The van der Waals surface area contributed by atoms with Crippen molar-refractivity contribution in [3.8, 4) is 0 Å². The molecule has 0 radical (unpaired) electrons. The number of primary amides is 1. The standard InChI is InChI=1S/C16H23N3O4/c1-9(2)7-12(14(17)21)11(13(20)16(23)18-3)8-10-5-4-6-19-15(10)22/h4-6,9,11-12H,7-8H2,1-3H3,(H2,17,21)(H,18,23)(H,19,22)/t11-,12?/m0/s1. The Morgan fingerprint density at radius 3 is 2.39 bits per heavy atom. The molecule has 1 aromatic rings. The summed E-state index contributed by atoms with van der Waals surface area (Å²) in [5.74, 6) is -3.83. The smallest absolute Gasteiger partial charge is 0.287 e. The quantitative estimate of drug-likeness (QED) is 0.583. The van der Waals surface area contributed by atoms with E-state index in [1.54, 1.807) is 12.1 Å². The van der Waals surface area contributed by atoms with Gasteiger partial charge in [0.05, 0.1) is 0 Å². The minimum absolute atomic E-state index is 0.0112. The number of aromatic amines is 1. The lowest BCUT2D eigenvalue weighted by molar-refractivity contribution is -0.142. The van der Waals surface area contributed by atoms with E-state index >= 15 is 0 Å². The Morgan fingerprint density at radius 2 is 1.91 bits per heavy atom. The number of hydrogen-bond donors (Lipinski definition) is 3. The van der Waals surface area contributed by atoms with Crippen LogP contribution >= 0.6 is 0 Å². The predicted molar refractivity (Wildman–Crippen MR) is 85.5 cm³/mol. The van der Waals surface area contributed by atoms with Gasteiger partial charge < -0.3 is 16.0 Å². The maximum absolute atomic E-state index is 12.4. The van der Waals surface area contributed by atoms with Crippen LogP contribution in [-0.4, -0.2) is 29.6 Å². The van der Waals surface area contributed by atoms with E-state index < -0.39 is 29.4 Å². The van der Waals surface area contributed by atoms with Crippen molar-refractivity contribution in [1.29, 1.82) is 0 Å². The van der Waals surface area contributed by atoms with Crippen LogP contribution in [0.3, 0.4) is 0 Å². The Hall–Kier alpha value is -2.44. The Balaban J connectivity index is 3.22. The molecule has 0 aliphatic rings. The van der Waals surface area contributed by atoms with Crippen LogP contribution in [0.5, 0.6) is 0 Å². The van der Waals surface area contributed by atoms with E-state index in [0.29, 0.717) is 12.0 Å². The van der Waals surface area contributed by atoms with E-state index in [4.69, 9.17) is 5.73 Å². The second-order valence-electron chi connectivity index (χ2n) is 5.92. The average Bonchev–Trinajstić information content (AvgIpc) is 2.50. The van der Waals surface area contributed by atoms with Crippen LogP contribution in [0, 0.1) is 17.8 Å². The fourth-order valence-electron chi connectivity index (χ4n) is 2.55. The minimum Gasteiger partial charge on any atom is -0.369 e. The molecule has 0 bridgehead atoms.